The summed E-state index contributed by atoms with van der Waals surface area (Å²) < 4.78 is 9.11. The number of para-hydroxylation sites is 2. The first-order valence-corrected chi connectivity index (χ1v) is 20.8. The lowest BCUT2D eigenvalue weighted by Gasteiger charge is -2.29. The minimum absolute atomic E-state index is 0.843. The van der Waals surface area contributed by atoms with E-state index in [0.29, 0.717) is 0 Å². The number of anilines is 3. The largest absolute Gasteiger partial charge is 0.456 e. The summed E-state index contributed by atoms with van der Waals surface area (Å²) in [4.78, 5) is 2.37. The highest BCUT2D eigenvalue weighted by Gasteiger charge is 2.23. The average molecular weight is 779 g/mol. The van der Waals surface area contributed by atoms with Crippen molar-refractivity contribution in [1.82, 2.24) is 4.57 Å². The number of hydrogen-bond donors (Lipinski definition) is 0. The number of benzene rings is 10. The number of nitrogens with zero attached hydrogens (tertiary/aromatic N) is 2. The smallest absolute Gasteiger partial charge is 0.137 e. The van der Waals surface area contributed by atoms with E-state index in [-0.39, 0.29) is 0 Å². The van der Waals surface area contributed by atoms with Gasteiger partial charge in [-0.15, -0.1) is 0 Å². The molecule has 0 saturated carbocycles. The summed E-state index contributed by atoms with van der Waals surface area (Å²) in [6, 6.07) is 82.9. The second-order valence-corrected chi connectivity index (χ2v) is 15.7. The summed E-state index contributed by atoms with van der Waals surface area (Å²) in [5.74, 6) is 1.73. The van der Waals surface area contributed by atoms with Crippen LogP contribution in [0.5, 0.6) is 11.5 Å². The van der Waals surface area contributed by atoms with Crippen LogP contribution in [0.3, 0.4) is 0 Å². The van der Waals surface area contributed by atoms with Crippen molar-refractivity contribution in [3.05, 3.63) is 231 Å². The van der Waals surface area contributed by atoms with E-state index in [1.54, 1.807) is 0 Å². The van der Waals surface area contributed by atoms with Gasteiger partial charge < -0.3 is 14.2 Å². The number of fused-ring (bicyclic) bond motifs is 5. The topological polar surface area (TPSA) is 17.4 Å². The van der Waals surface area contributed by atoms with E-state index in [4.69, 9.17) is 4.74 Å². The molecule has 1 aliphatic heterocycles. The predicted octanol–water partition coefficient (Wildman–Crippen LogP) is 16.2. The predicted molar refractivity (Wildman–Crippen MR) is 255 cm³/mol. The molecule has 0 radical (unpaired) electrons. The average Bonchev–Trinajstić information content (AvgIpc) is 3.66. The molecular formula is C58H38N2O. The van der Waals surface area contributed by atoms with Crippen molar-refractivity contribution in [3.8, 4) is 61.7 Å². The Bertz CT molecular complexity index is 3360. The maximum absolute atomic E-state index is 6.74. The van der Waals surface area contributed by atoms with Gasteiger partial charge in [-0.25, -0.2) is 0 Å². The molecular weight excluding hydrogens is 741 g/mol. The molecule has 286 valence electrons. The monoisotopic (exact) mass is 778 g/mol. The minimum atomic E-state index is 0.843. The molecule has 11 aromatic rings. The molecule has 0 N–H and O–H groups in total. The summed E-state index contributed by atoms with van der Waals surface area (Å²) in [6.07, 6.45) is 0. The molecule has 0 atom stereocenters. The van der Waals surface area contributed by atoms with Crippen LogP contribution in [-0.2, 0) is 0 Å². The Balaban J connectivity index is 1.01. The number of rotatable bonds is 7. The standard InChI is InChI=1S/C58H38N2O/c1-4-14-39(15-5-1)44-34-45(40-16-6-2-7-17-40)36-49(35-44)59(48-31-32-51-52-23-12-18-42-19-13-25-56(58(42)52)61-57(51)38-48)47-29-26-41(27-30-47)43-28-33-55-53(37-43)50-22-10-11-24-54(50)60(55)46-20-8-3-9-21-46/h1-38H. The van der Waals surface area contributed by atoms with Gasteiger partial charge in [-0.1, -0.05) is 146 Å². The van der Waals surface area contributed by atoms with E-state index in [0.717, 1.165) is 61.9 Å². The molecule has 0 aliphatic carbocycles. The fourth-order valence-electron chi connectivity index (χ4n) is 9.28. The third-order valence-corrected chi connectivity index (χ3v) is 12.1. The molecule has 3 heteroatoms. The van der Waals surface area contributed by atoms with Crippen molar-refractivity contribution >= 4 is 49.6 Å². The van der Waals surface area contributed by atoms with E-state index in [1.807, 2.05) is 0 Å². The number of ether oxygens (including phenoxy) is 1. The quantitative estimate of drug-likeness (QED) is 0.160. The van der Waals surface area contributed by atoms with Gasteiger partial charge in [0.05, 0.1) is 11.0 Å². The highest BCUT2D eigenvalue weighted by atomic mass is 16.5. The third-order valence-electron chi connectivity index (χ3n) is 12.1. The second-order valence-electron chi connectivity index (χ2n) is 15.7. The van der Waals surface area contributed by atoms with Gasteiger partial charge in [0, 0.05) is 50.5 Å². The van der Waals surface area contributed by atoms with Crippen LogP contribution in [0.4, 0.5) is 17.1 Å². The van der Waals surface area contributed by atoms with Gasteiger partial charge in [-0.2, -0.15) is 0 Å². The lowest BCUT2D eigenvalue weighted by Crippen LogP contribution is -2.11. The summed E-state index contributed by atoms with van der Waals surface area (Å²) in [5.41, 5.74) is 15.9. The molecule has 2 heterocycles. The van der Waals surface area contributed by atoms with Crippen molar-refractivity contribution in [2.75, 3.05) is 4.90 Å². The van der Waals surface area contributed by atoms with Crippen LogP contribution < -0.4 is 9.64 Å². The zero-order valence-corrected chi connectivity index (χ0v) is 33.2. The minimum Gasteiger partial charge on any atom is -0.456 e. The van der Waals surface area contributed by atoms with E-state index >= 15 is 0 Å². The lowest BCUT2D eigenvalue weighted by atomic mass is 9.94. The van der Waals surface area contributed by atoms with Crippen LogP contribution in [0.2, 0.25) is 0 Å². The van der Waals surface area contributed by atoms with Crippen LogP contribution in [-0.4, -0.2) is 4.57 Å². The molecule has 10 aromatic carbocycles. The zero-order chi connectivity index (χ0) is 40.3. The van der Waals surface area contributed by atoms with Gasteiger partial charge in [-0.05, 0) is 123 Å². The molecule has 0 saturated heterocycles. The molecule has 0 unspecified atom stereocenters. The maximum Gasteiger partial charge on any atom is 0.137 e. The summed E-state index contributed by atoms with van der Waals surface area (Å²) in [7, 11) is 0. The third kappa shape index (κ3) is 5.98. The molecule has 61 heavy (non-hydrogen) atoms. The molecule has 1 aromatic heterocycles. The van der Waals surface area contributed by atoms with E-state index in [1.165, 1.54) is 49.4 Å². The first kappa shape index (κ1) is 34.9. The van der Waals surface area contributed by atoms with E-state index in [9.17, 15) is 0 Å². The summed E-state index contributed by atoms with van der Waals surface area (Å²) >= 11 is 0. The highest BCUT2D eigenvalue weighted by molar-refractivity contribution is 6.10. The van der Waals surface area contributed by atoms with Crippen molar-refractivity contribution in [2.45, 2.75) is 0 Å². The van der Waals surface area contributed by atoms with Crippen LogP contribution in [0.1, 0.15) is 0 Å². The normalized spacial score (nSPS) is 11.7. The number of aromatic nitrogens is 1. The zero-order valence-electron chi connectivity index (χ0n) is 33.2. The van der Waals surface area contributed by atoms with Gasteiger partial charge in [0.25, 0.3) is 0 Å². The van der Waals surface area contributed by atoms with Crippen molar-refractivity contribution in [3.63, 3.8) is 0 Å². The van der Waals surface area contributed by atoms with Crippen LogP contribution >= 0.6 is 0 Å². The Morgan fingerprint density at radius 2 is 0.934 bits per heavy atom. The van der Waals surface area contributed by atoms with E-state index in [2.05, 4.69) is 240 Å². The molecule has 0 amide bonds. The Hall–Kier alpha value is -8.14. The van der Waals surface area contributed by atoms with Gasteiger partial charge >= 0.3 is 0 Å². The Morgan fingerprint density at radius 3 is 1.67 bits per heavy atom. The molecule has 12 rings (SSSR count). The second kappa shape index (κ2) is 14.3. The van der Waals surface area contributed by atoms with Crippen molar-refractivity contribution in [2.24, 2.45) is 0 Å². The highest BCUT2D eigenvalue weighted by Crippen LogP contribution is 2.49. The molecule has 0 bridgehead atoms. The van der Waals surface area contributed by atoms with Crippen LogP contribution in [0.15, 0.2) is 231 Å². The van der Waals surface area contributed by atoms with Gasteiger partial charge in [0.15, 0.2) is 0 Å². The molecule has 0 fully saturated rings. The lowest BCUT2D eigenvalue weighted by molar-refractivity contribution is 0.487. The van der Waals surface area contributed by atoms with Gasteiger partial charge in [0.2, 0.25) is 0 Å². The van der Waals surface area contributed by atoms with Crippen molar-refractivity contribution in [1.29, 1.82) is 0 Å². The molecule has 0 spiro atoms. The Kier molecular flexibility index (Phi) is 8.17. The number of hydrogen-bond acceptors (Lipinski definition) is 2. The first-order chi connectivity index (χ1) is 30.2. The fourth-order valence-corrected chi connectivity index (χ4v) is 9.28. The summed E-state index contributed by atoms with van der Waals surface area (Å²) in [5, 5.41) is 4.81. The SMILES string of the molecule is c1ccc(-c2cc(-c3ccccc3)cc(N(c3ccc(-c4ccc5c(c4)c4ccccc4n5-c4ccccc4)cc3)c3ccc4c(c3)Oc3cccc5cccc-4c35)c2)cc1. The molecule has 3 nitrogen and oxygen atoms in total. The Labute approximate surface area is 354 Å². The van der Waals surface area contributed by atoms with Crippen LogP contribution in [0.25, 0.3) is 82.8 Å². The summed E-state index contributed by atoms with van der Waals surface area (Å²) in [6.45, 7) is 0. The maximum atomic E-state index is 6.74. The van der Waals surface area contributed by atoms with Gasteiger partial charge in [-0.3, -0.25) is 0 Å². The van der Waals surface area contributed by atoms with Crippen molar-refractivity contribution < 1.29 is 4.74 Å². The van der Waals surface area contributed by atoms with Crippen LogP contribution in [0, 0.1) is 0 Å². The molecule has 1 aliphatic rings. The van der Waals surface area contributed by atoms with Gasteiger partial charge in [0.1, 0.15) is 11.5 Å². The Morgan fingerprint density at radius 1 is 0.328 bits per heavy atom. The van der Waals surface area contributed by atoms with E-state index < -0.39 is 0 Å². The fraction of sp³-hybridized carbons (Fsp3) is 0. The first-order valence-electron chi connectivity index (χ1n) is 20.8.